The smallest absolute Gasteiger partial charge is 0.252 e. The van der Waals surface area contributed by atoms with E-state index in [9.17, 15) is 4.79 Å². The number of aryl methyl sites for hydroxylation is 1. The van der Waals surface area contributed by atoms with E-state index in [4.69, 9.17) is 12.2 Å². The van der Waals surface area contributed by atoms with E-state index in [0.29, 0.717) is 10.5 Å². The van der Waals surface area contributed by atoms with Gasteiger partial charge in [0.25, 0.3) is 5.56 Å². The number of aromatic nitrogens is 4. The number of nitrogens with zero attached hydrogens (tertiary/aromatic N) is 2. The van der Waals surface area contributed by atoms with Crippen LogP contribution in [0.5, 0.6) is 0 Å². The Hall–Kier alpha value is -1.43. The van der Waals surface area contributed by atoms with Gasteiger partial charge >= 0.3 is 0 Å². The van der Waals surface area contributed by atoms with Gasteiger partial charge in [-0.1, -0.05) is 6.92 Å². The van der Waals surface area contributed by atoms with Crippen LogP contribution in [0, 0.1) is 4.77 Å². The van der Waals surface area contributed by atoms with E-state index in [1.165, 1.54) is 6.07 Å². The average Bonchev–Trinajstić information content (AvgIpc) is 2.46. The van der Waals surface area contributed by atoms with E-state index in [0.717, 1.165) is 12.1 Å². The van der Waals surface area contributed by atoms with Crippen LogP contribution in [0.3, 0.4) is 0 Å². The first kappa shape index (κ1) is 8.18. The molecular formula is C7H8N4OS. The van der Waals surface area contributed by atoms with Gasteiger partial charge < -0.3 is 0 Å². The molecule has 0 spiro atoms. The minimum absolute atomic E-state index is 0.154. The highest BCUT2D eigenvalue weighted by atomic mass is 32.1. The molecule has 2 rings (SSSR count). The van der Waals surface area contributed by atoms with Crippen molar-refractivity contribution in [3.05, 3.63) is 26.9 Å². The Balaban J connectivity index is 3.01. The van der Waals surface area contributed by atoms with Crippen molar-refractivity contribution < 1.29 is 0 Å². The predicted molar refractivity (Wildman–Crippen MR) is 50.4 cm³/mol. The fraction of sp³-hybridized carbons (Fsp3) is 0.286. The fourth-order valence-corrected chi connectivity index (χ4v) is 1.52. The number of rotatable bonds is 1. The lowest BCUT2D eigenvalue weighted by Gasteiger charge is -1.98. The number of aromatic amines is 2. The second-order valence-electron chi connectivity index (χ2n) is 2.67. The van der Waals surface area contributed by atoms with Crippen LogP contribution in [0.25, 0.3) is 5.78 Å². The van der Waals surface area contributed by atoms with Gasteiger partial charge in [0.05, 0.1) is 0 Å². The van der Waals surface area contributed by atoms with Crippen molar-refractivity contribution in [2.45, 2.75) is 13.3 Å². The summed E-state index contributed by atoms with van der Waals surface area (Å²) in [4.78, 5) is 13.7. The summed E-state index contributed by atoms with van der Waals surface area (Å²) in [6.45, 7) is 1.96. The molecule has 0 aromatic carbocycles. The highest BCUT2D eigenvalue weighted by Crippen LogP contribution is 2.00. The number of hydrogen-bond acceptors (Lipinski definition) is 3. The normalized spacial score (nSPS) is 10.8. The molecular weight excluding hydrogens is 188 g/mol. The Morgan fingerprint density at radius 2 is 2.46 bits per heavy atom. The number of H-pyrrole nitrogens is 2. The quantitative estimate of drug-likeness (QED) is 0.658. The first-order chi connectivity index (χ1) is 6.22. The zero-order valence-electron chi connectivity index (χ0n) is 7.00. The molecule has 0 fully saturated rings. The summed E-state index contributed by atoms with van der Waals surface area (Å²) in [5.74, 6) is 0.467. The maximum atomic E-state index is 11.1. The van der Waals surface area contributed by atoms with E-state index >= 15 is 0 Å². The van der Waals surface area contributed by atoms with Gasteiger partial charge in [-0.25, -0.2) is 5.10 Å². The van der Waals surface area contributed by atoms with E-state index < -0.39 is 0 Å². The molecule has 2 N–H and O–H groups in total. The second kappa shape index (κ2) is 2.81. The molecule has 0 saturated heterocycles. The standard InChI is InChI=1S/C7H8N4OS/c1-2-4-3-5(12)8-6-9-10-7(13)11(4)6/h3H,2H2,1H3,(H,10,13)(H,8,9,12). The summed E-state index contributed by atoms with van der Waals surface area (Å²) >= 11 is 5.01. The Morgan fingerprint density at radius 1 is 1.69 bits per heavy atom. The molecule has 0 unspecified atom stereocenters. The van der Waals surface area contributed by atoms with Gasteiger partial charge in [0.15, 0.2) is 0 Å². The zero-order chi connectivity index (χ0) is 9.42. The van der Waals surface area contributed by atoms with Crippen LogP contribution in [0.2, 0.25) is 0 Å². The monoisotopic (exact) mass is 196 g/mol. The number of hydrogen-bond donors (Lipinski definition) is 2. The summed E-state index contributed by atoms with van der Waals surface area (Å²) in [6, 6.07) is 1.53. The van der Waals surface area contributed by atoms with Crippen molar-refractivity contribution in [2.24, 2.45) is 0 Å². The van der Waals surface area contributed by atoms with Crippen molar-refractivity contribution in [3.63, 3.8) is 0 Å². The van der Waals surface area contributed by atoms with E-state index in [1.807, 2.05) is 6.92 Å². The van der Waals surface area contributed by atoms with Crippen molar-refractivity contribution in [3.8, 4) is 0 Å². The molecule has 2 aromatic rings. The molecule has 0 bridgehead atoms. The fourth-order valence-electron chi connectivity index (χ4n) is 1.27. The molecule has 0 saturated carbocycles. The van der Waals surface area contributed by atoms with Crippen LogP contribution < -0.4 is 5.56 Å². The van der Waals surface area contributed by atoms with E-state index in [1.54, 1.807) is 4.40 Å². The molecule has 13 heavy (non-hydrogen) atoms. The van der Waals surface area contributed by atoms with Gasteiger partial charge in [0.1, 0.15) is 0 Å². The van der Waals surface area contributed by atoms with Crippen LogP contribution in [-0.2, 0) is 6.42 Å². The van der Waals surface area contributed by atoms with Crippen molar-refractivity contribution >= 4 is 18.0 Å². The van der Waals surface area contributed by atoms with E-state index in [2.05, 4.69) is 15.2 Å². The molecule has 0 amide bonds. The van der Waals surface area contributed by atoms with Crippen LogP contribution in [0.4, 0.5) is 0 Å². The molecule has 5 nitrogen and oxygen atoms in total. The molecule has 68 valence electrons. The molecule has 0 aliphatic carbocycles. The minimum Gasteiger partial charge on any atom is -0.291 e. The Morgan fingerprint density at radius 3 is 3.15 bits per heavy atom. The predicted octanol–water partition coefficient (Wildman–Crippen LogP) is 0.643. The van der Waals surface area contributed by atoms with Gasteiger partial charge in [-0.05, 0) is 18.6 Å². The topological polar surface area (TPSA) is 66.0 Å². The summed E-state index contributed by atoms with van der Waals surface area (Å²) < 4.78 is 2.22. The van der Waals surface area contributed by atoms with E-state index in [-0.39, 0.29) is 5.56 Å². The summed E-state index contributed by atoms with van der Waals surface area (Å²) in [6.07, 6.45) is 0.744. The molecule has 0 radical (unpaired) electrons. The van der Waals surface area contributed by atoms with Gasteiger partial charge in [-0.2, -0.15) is 0 Å². The van der Waals surface area contributed by atoms with Crippen molar-refractivity contribution in [2.75, 3.05) is 0 Å². The first-order valence-electron chi connectivity index (χ1n) is 3.91. The lowest BCUT2D eigenvalue weighted by Crippen LogP contribution is -2.10. The highest BCUT2D eigenvalue weighted by Gasteiger charge is 2.02. The molecule has 0 aliphatic heterocycles. The first-order valence-corrected chi connectivity index (χ1v) is 4.32. The minimum atomic E-state index is -0.154. The van der Waals surface area contributed by atoms with Gasteiger partial charge in [0.2, 0.25) is 10.5 Å². The highest BCUT2D eigenvalue weighted by molar-refractivity contribution is 7.71. The van der Waals surface area contributed by atoms with Gasteiger partial charge in [0, 0.05) is 11.8 Å². The Bertz CT molecular complexity index is 549. The molecule has 6 heteroatoms. The van der Waals surface area contributed by atoms with Crippen molar-refractivity contribution in [1.82, 2.24) is 19.6 Å². The van der Waals surface area contributed by atoms with Crippen molar-refractivity contribution in [1.29, 1.82) is 0 Å². The summed E-state index contributed by atoms with van der Waals surface area (Å²) in [5, 5.41) is 6.50. The van der Waals surface area contributed by atoms with Crippen LogP contribution in [0.15, 0.2) is 10.9 Å². The lowest BCUT2D eigenvalue weighted by atomic mass is 10.3. The summed E-state index contributed by atoms with van der Waals surface area (Å²) in [7, 11) is 0. The Kier molecular flexibility index (Phi) is 1.77. The third-order valence-corrected chi connectivity index (χ3v) is 2.13. The SMILES string of the molecule is CCc1cc(=O)[nH]c2n[nH]c(=S)n12. The van der Waals surface area contributed by atoms with Crippen LogP contribution in [0.1, 0.15) is 12.6 Å². The molecule has 2 aromatic heterocycles. The molecule has 0 aliphatic rings. The maximum Gasteiger partial charge on any atom is 0.252 e. The van der Waals surface area contributed by atoms with Gasteiger partial charge in [-0.3, -0.25) is 14.2 Å². The maximum absolute atomic E-state index is 11.1. The lowest BCUT2D eigenvalue weighted by molar-refractivity contribution is 0.930. The largest absolute Gasteiger partial charge is 0.291 e. The summed E-state index contributed by atoms with van der Waals surface area (Å²) in [5.41, 5.74) is 0.704. The average molecular weight is 196 g/mol. The third kappa shape index (κ3) is 1.19. The molecule has 2 heterocycles. The zero-order valence-corrected chi connectivity index (χ0v) is 7.81. The van der Waals surface area contributed by atoms with Gasteiger partial charge in [-0.15, -0.1) is 5.10 Å². The second-order valence-corrected chi connectivity index (χ2v) is 3.05. The third-order valence-electron chi connectivity index (χ3n) is 1.85. The number of fused-ring (bicyclic) bond motifs is 1. The van der Waals surface area contributed by atoms with Crippen LogP contribution >= 0.6 is 12.2 Å². The van der Waals surface area contributed by atoms with Crippen LogP contribution in [-0.4, -0.2) is 19.6 Å². The Labute approximate surface area is 78.4 Å². The molecule has 0 atom stereocenters. The number of nitrogens with one attached hydrogen (secondary N) is 2.